The van der Waals surface area contributed by atoms with Gasteiger partial charge in [-0.2, -0.15) is 0 Å². The van der Waals surface area contributed by atoms with Crippen molar-refractivity contribution in [1.29, 1.82) is 0 Å². The number of rotatable bonds is 6. The Morgan fingerprint density at radius 3 is 3.07 bits per heavy atom. The van der Waals surface area contributed by atoms with E-state index in [0.29, 0.717) is 19.5 Å². The van der Waals surface area contributed by atoms with Gasteiger partial charge in [0.05, 0.1) is 5.69 Å². The Labute approximate surface area is 81.9 Å². The van der Waals surface area contributed by atoms with Crippen LogP contribution in [0.1, 0.15) is 18.5 Å². The van der Waals surface area contributed by atoms with Crippen molar-refractivity contribution in [1.82, 2.24) is 20.3 Å². The lowest BCUT2D eigenvalue weighted by atomic mass is 10.3. The Balaban J connectivity index is 2.07. The molecule has 0 radical (unpaired) electrons. The molecule has 6 nitrogen and oxygen atoms in total. The molecule has 1 aromatic rings. The van der Waals surface area contributed by atoms with Gasteiger partial charge in [0.15, 0.2) is 0 Å². The summed E-state index contributed by atoms with van der Waals surface area (Å²) in [6.45, 7) is 1.32. The molecule has 1 rings (SSSR count). The molecule has 0 aliphatic heterocycles. The van der Waals surface area contributed by atoms with Crippen molar-refractivity contribution >= 4 is 5.97 Å². The number of hydrogen-bond donors (Lipinski definition) is 2. The smallest absolute Gasteiger partial charge is 0.303 e. The van der Waals surface area contributed by atoms with Crippen molar-refractivity contribution in [3.05, 3.63) is 11.9 Å². The van der Waals surface area contributed by atoms with E-state index in [2.05, 4.69) is 15.6 Å². The molecule has 0 saturated carbocycles. The van der Waals surface area contributed by atoms with E-state index >= 15 is 0 Å². The maximum Gasteiger partial charge on any atom is 0.303 e. The fourth-order valence-corrected chi connectivity index (χ4v) is 1.06. The van der Waals surface area contributed by atoms with Crippen LogP contribution < -0.4 is 5.32 Å². The van der Waals surface area contributed by atoms with Gasteiger partial charge in [-0.15, -0.1) is 5.10 Å². The second-order valence-corrected chi connectivity index (χ2v) is 3.06. The van der Waals surface area contributed by atoms with Gasteiger partial charge in [-0.1, -0.05) is 5.21 Å². The summed E-state index contributed by atoms with van der Waals surface area (Å²) in [6, 6.07) is 0. The molecule has 2 N–H and O–H groups in total. The predicted octanol–water partition coefficient (Wildman–Crippen LogP) is -0.230. The van der Waals surface area contributed by atoms with Crippen LogP contribution in [0.15, 0.2) is 6.20 Å². The van der Waals surface area contributed by atoms with E-state index in [4.69, 9.17) is 5.11 Å². The second kappa shape index (κ2) is 5.33. The van der Waals surface area contributed by atoms with Crippen LogP contribution in [0.5, 0.6) is 0 Å². The highest BCUT2D eigenvalue weighted by Crippen LogP contribution is 1.91. The number of hydrogen-bond acceptors (Lipinski definition) is 4. The highest BCUT2D eigenvalue weighted by molar-refractivity contribution is 5.66. The summed E-state index contributed by atoms with van der Waals surface area (Å²) in [4.78, 5) is 10.2. The normalized spacial score (nSPS) is 10.4. The highest BCUT2D eigenvalue weighted by Gasteiger charge is 1.98. The number of aromatic nitrogens is 3. The van der Waals surface area contributed by atoms with Crippen molar-refractivity contribution in [2.45, 2.75) is 19.4 Å². The summed E-state index contributed by atoms with van der Waals surface area (Å²) in [5.41, 5.74) is 0.864. The van der Waals surface area contributed by atoms with Gasteiger partial charge in [-0.05, 0) is 13.0 Å². The Hall–Kier alpha value is -1.43. The third-order valence-electron chi connectivity index (χ3n) is 1.70. The van der Waals surface area contributed by atoms with Crippen molar-refractivity contribution in [3.63, 3.8) is 0 Å². The minimum Gasteiger partial charge on any atom is -0.481 e. The summed E-state index contributed by atoms with van der Waals surface area (Å²) in [5, 5.41) is 19.1. The number of carbonyl (C=O) groups is 1. The third-order valence-corrected chi connectivity index (χ3v) is 1.70. The van der Waals surface area contributed by atoms with Crippen LogP contribution in [0, 0.1) is 0 Å². The summed E-state index contributed by atoms with van der Waals surface area (Å²) in [5.74, 6) is -0.758. The molecule has 0 unspecified atom stereocenters. The minimum absolute atomic E-state index is 0.202. The van der Waals surface area contributed by atoms with Gasteiger partial charge in [0.1, 0.15) is 0 Å². The Morgan fingerprint density at radius 1 is 1.71 bits per heavy atom. The van der Waals surface area contributed by atoms with E-state index in [1.165, 1.54) is 0 Å². The number of nitrogens with zero attached hydrogens (tertiary/aromatic N) is 3. The molecule has 0 spiro atoms. The first-order valence-corrected chi connectivity index (χ1v) is 4.46. The average Bonchev–Trinajstić information content (AvgIpc) is 2.50. The molecule has 1 aromatic heterocycles. The molecule has 0 aliphatic rings. The first-order chi connectivity index (χ1) is 6.68. The van der Waals surface area contributed by atoms with Crippen LogP contribution in [0.3, 0.4) is 0 Å². The van der Waals surface area contributed by atoms with Crippen LogP contribution in [0.2, 0.25) is 0 Å². The number of carboxylic acids is 1. The van der Waals surface area contributed by atoms with E-state index in [1.807, 2.05) is 6.20 Å². The molecule has 14 heavy (non-hydrogen) atoms. The van der Waals surface area contributed by atoms with Gasteiger partial charge in [0, 0.05) is 26.2 Å². The standard InChI is InChI=1S/C8H14N4O2/c1-12-6-7(10-11-12)5-9-4-2-3-8(13)14/h6,9H,2-5H2,1H3,(H,13,14). The molecule has 78 valence electrons. The Bertz CT molecular complexity index is 297. The SMILES string of the molecule is Cn1cc(CNCCCC(=O)O)nn1. The maximum absolute atomic E-state index is 10.2. The summed E-state index contributed by atoms with van der Waals surface area (Å²) < 4.78 is 1.63. The van der Waals surface area contributed by atoms with Crippen LogP contribution >= 0.6 is 0 Å². The number of aryl methyl sites for hydroxylation is 1. The van der Waals surface area contributed by atoms with Gasteiger partial charge in [0.25, 0.3) is 0 Å². The molecule has 0 aromatic carbocycles. The lowest BCUT2D eigenvalue weighted by molar-refractivity contribution is -0.137. The zero-order valence-electron chi connectivity index (χ0n) is 8.10. The van der Waals surface area contributed by atoms with Crippen LogP contribution in [-0.4, -0.2) is 32.6 Å². The summed E-state index contributed by atoms with van der Waals surface area (Å²) in [6.07, 6.45) is 2.66. The molecule has 0 bridgehead atoms. The van der Waals surface area contributed by atoms with Crippen molar-refractivity contribution < 1.29 is 9.90 Å². The number of nitrogens with one attached hydrogen (secondary N) is 1. The lowest BCUT2D eigenvalue weighted by Crippen LogP contribution is -2.15. The topological polar surface area (TPSA) is 80.0 Å². The molecule has 0 saturated heterocycles. The highest BCUT2D eigenvalue weighted by atomic mass is 16.4. The number of carboxylic acid groups (broad SMARTS) is 1. The quantitative estimate of drug-likeness (QED) is 0.617. The molecule has 0 fully saturated rings. The first kappa shape index (κ1) is 10.6. The van der Waals surface area contributed by atoms with E-state index in [1.54, 1.807) is 11.7 Å². The molecule has 0 atom stereocenters. The first-order valence-electron chi connectivity index (χ1n) is 4.46. The lowest BCUT2D eigenvalue weighted by Gasteiger charge is -1.99. The molecular weight excluding hydrogens is 184 g/mol. The van der Waals surface area contributed by atoms with E-state index < -0.39 is 5.97 Å². The van der Waals surface area contributed by atoms with Crippen LogP contribution in [0.4, 0.5) is 0 Å². The molecule has 0 amide bonds. The van der Waals surface area contributed by atoms with E-state index in [0.717, 1.165) is 5.69 Å². The van der Waals surface area contributed by atoms with Crippen molar-refractivity contribution in [2.24, 2.45) is 7.05 Å². The molecule has 6 heteroatoms. The zero-order chi connectivity index (χ0) is 10.4. The zero-order valence-corrected chi connectivity index (χ0v) is 8.10. The van der Waals surface area contributed by atoms with E-state index in [9.17, 15) is 4.79 Å². The number of aliphatic carboxylic acids is 1. The largest absolute Gasteiger partial charge is 0.481 e. The summed E-state index contributed by atoms with van der Waals surface area (Å²) >= 11 is 0. The third kappa shape index (κ3) is 3.99. The fraction of sp³-hybridized carbons (Fsp3) is 0.625. The summed E-state index contributed by atoms with van der Waals surface area (Å²) in [7, 11) is 1.81. The molecular formula is C8H14N4O2. The van der Waals surface area contributed by atoms with Gasteiger partial charge >= 0.3 is 5.97 Å². The Morgan fingerprint density at radius 2 is 2.50 bits per heavy atom. The fourth-order valence-electron chi connectivity index (χ4n) is 1.06. The maximum atomic E-state index is 10.2. The van der Waals surface area contributed by atoms with Gasteiger partial charge in [-0.25, -0.2) is 0 Å². The predicted molar refractivity (Wildman–Crippen MR) is 49.6 cm³/mol. The van der Waals surface area contributed by atoms with Crippen LogP contribution in [0.25, 0.3) is 0 Å². The van der Waals surface area contributed by atoms with Crippen LogP contribution in [-0.2, 0) is 18.4 Å². The van der Waals surface area contributed by atoms with Crippen molar-refractivity contribution in [3.8, 4) is 0 Å². The van der Waals surface area contributed by atoms with Crippen molar-refractivity contribution in [2.75, 3.05) is 6.54 Å². The average molecular weight is 198 g/mol. The van der Waals surface area contributed by atoms with Gasteiger partial charge < -0.3 is 10.4 Å². The van der Waals surface area contributed by atoms with E-state index in [-0.39, 0.29) is 6.42 Å². The Kier molecular flexibility index (Phi) is 4.06. The van der Waals surface area contributed by atoms with Gasteiger partial charge in [0.2, 0.25) is 0 Å². The van der Waals surface area contributed by atoms with Gasteiger partial charge in [-0.3, -0.25) is 9.48 Å². The second-order valence-electron chi connectivity index (χ2n) is 3.06. The molecule has 1 heterocycles. The monoisotopic (exact) mass is 198 g/mol. The minimum atomic E-state index is -0.758. The molecule has 0 aliphatic carbocycles.